The number of hydrogen-bond acceptors (Lipinski definition) is 3. The van der Waals surface area contributed by atoms with Gasteiger partial charge in [0.1, 0.15) is 5.92 Å². The molecule has 3 aliphatic heterocycles. The first-order chi connectivity index (χ1) is 12.5. The summed E-state index contributed by atoms with van der Waals surface area (Å²) < 4.78 is 0. The van der Waals surface area contributed by atoms with Crippen LogP contribution in [0.4, 0.5) is 5.69 Å². The summed E-state index contributed by atoms with van der Waals surface area (Å²) in [5.74, 6) is 0.922. The third-order valence-electron chi connectivity index (χ3n) is 6.35. The van der Waals surface area contributed by atoms with Crippen LogP contribution in [0.15, 0.2) is 18.2 Å². The number of amides is 2. The fraction of sp³-hybridized carbons (Fsp3) is 0.619. The van der Waals surface area contributed by atoms with Gasteiger partial charge in [0.05, 0.1) is 0 Å². The van der Waals surface area contributed by atoms with Crippen LogP contribution in [0.1, 0.15) is 30.4 Å². The van der Waals surface area contributed by atoms with Crippen LogP contribution in [-0.4, -0.2) is 49.4 Å². The van der Waals surface area contributed by atoms with Gasteiger partial charge >= 0.3 is 0 Å². The minimum absolute atomic E-state index is 0. The van der Waals surface area contributed by atoms with E-state index < -0.39 is 5.92 Å². The van der Waals surface area contributed by atoms with Crippen molar-refractivity contribution < 1.29 is 9.59 Å². The van der Waals surface area contributed by atoms with Crippen molar-refractivity contribution in [3.05, 3.63) is 29.3 Å². The van der Waals surface area contributed by atoms with Crippen LogP contribution < -0.4 is 10.2 Å². The average molecular weight is 392 g/mol. The number of nitrogens with one attached hydrogen (secondary N) is 1. The van der Waals surface area contributed by atoms with Gasteiger partial charge in [-0.1, -0.05) is 6.07 Å². The molecule has 0 spiro atoms. The van der Waals surface area contributed by atoms with Gasteiger partial charge in [-0.05, 0) is 81.3 Å². The molecule has 3 aliphatic rings. The van der Waals surface area contributed by atoms with E-state index in [0.717, 1.165) is 55.8 Å². The molecule has 3 heterocycles. The Bertz CT molecular complexity index is 689. The molecule has 3 fully saturated rings. The molecule has 3 atom stereocenters. The lowest BCUT2D eigenvalue weighted by atomic mass is 9.92. The van der Waals surface area contributed by atoms with Gasteiger partial charge in [0, 0.05) is 25.3 Å². The standard InChI is InChI=1S/C21H29N3O2.ClH/c1-14-9-15(2)11-18(10-14)24-8-5-19(21(24)26)20(25)23-6-3-16-12-22-13-17(16)4-7-23;/h9-11,16-17,19,22H,3-8,12-13H2,1-2H3;1H/t16-,17+,19?;. The quantitative estimate of drug-likeness (QED) is 0.788. The van der Waals surface area contributed by atoms with E-state index in [1.165, 1.54) is 0 Å². The molecule has 148 valence electrons. The molecule has 1 aromatic rings. The number of hydrogen-bond donors (Lipinski definition) is 1. The zero-order valence-corrected chi connectivity index (χ0v) is 17.1. The normalized spacial score (nSPS) is 27.9. The highest BCUT2D eigenvalue weighted by Gasteiger charge is 2.41. The highest BCUT2D eigenvalue weighted by Crippen LogP contribution is 2.31. The highest BCUT2D eigenvalue weighted by molar-refractivity contribution is 6.09. The third-order valence-corrected chi connectivity index (χ3v) is 6.35. The molecule has 0 bridgehead atoms. The van der Waals surface area contributed by atoms with Crippen LogP contribution in [0.2, 0.25) is 0 Å². The number of anilines is 1. The Morgan fingerprint density at radius 3 is 2.15 bits per heavy atom. The van der Waals surface area contributed by atoms with Crippen LogP contribution >= 0.6 is 12.4 Å². The van der Waals surface area contributed by atoms with Crippen molar-refractivity contribution in [2.75, 3.05) is 37.6 Å². The third kappa shape index (κ3) is 3.99. The molecule has 1 N–H and O–H groups in total. The van der Waals surface area contributed by atoms with Gasteiger partial charge in [-0.2, -0.15) is 0 Å². The molecule has 1 unspecified atom stereocenters. The summed E-state index contributed by atoms with van der Waals surface area (Å²) in [6, 6.07) is 6.19. The van der Waals surface area contributed by atoms with Gasteiger partial charge in [0.2, 0.25) is 11.8 Å². The molecule has 0 aliphatic carbocycles. The number of carbonyl (C=O) groups excluding carboxylic acids is 2. The number of halogens is 1. The predicted octanol–water partition coefficient (Wildman–Crippen LogP) is 2.54. The van der Waals surface area contributed by atoms with Crippen molar-refractivity contribution in [1.82, 2.24) is 10.2 Å². The first kappa shape index (κ1) is 20.2. The second kappa shape index (κ2) is 8.19. The van der Waals surface area contributed by atoms with E-state index in [1.807, 2.05) is 30.9 Å². The summed E-state index contributed by atoms with van der Waals surface area (Å²) in [4.78, 5) is 29.8. The Balaban J connectivity index is 0.00000210. The van der Waals surface area contributed by atoms with Gasteiger partial charge in [-0.15, -0.1) is 12.4 Å². The summed E-state index contributed by atoms with van der Waals surface area (Å²) in [6.45, 7) is 8.49. The summed E-state index contributed by atoms with van der Waals surface area (Å²) in [5, 5.41) is 3.47. The second-order valence-electron chi connectivity index (χ2n) is 8.26. The molecule has 2 amide bonds. The van der Waals surface area contributed by atoms with E-state index in [0.29, 0.717) is 24.8 Å². The van der Waals surface area contributed by atoms with Crippen molar-refractivity contribution in [1.29, 1.82) is 0 Å². The number of carbonyl (C=O) groups is 2. The Labute approximate surface area is 167 Å². The number of rotatable bonds is 2. The molecule has 1 aromatic carbocycles. The lowest BCUT2D eigenvalue weighted by Crippen LogP contribution is -2.41. The Morgan fingerprint density at radius 1 is 0.963 bits per heavy atom. The Hall–Kier alpha value is -1.59. The lowest BCUT2D eigenvalue weighted by molar-refractivity contribution is -0.139. The topological polar surface area (TPSA) is 52.7 Å². The highest BCUT2D eigenvalue weighted by atomic mass is 35.5. The summed E-state index contributed by atoms with van der Waals surface area (Å²) in [6.07, 6.45) is 2.76. The van der Waals surface area contributed by atoms with Crippen LogP contribution in [0.25, 0.3) is 0 Å². The van der Waals surface area contributed by atoms with E-state index in [2.05, 4.69) is 11.4 Å². The number of nitrogens with zero attached hydrogens (tertiary/aromatic N) is 2. The Morgan fingerprint density at radius 2 is 1.56 bits per heavy atom. The van der Waals surface area contributed by atoms with Gasteiger partial charge in [-0.25, -0.2) is 0 Å². The molecule has 3 saturated heterocycles. The van der Waals surface area contributed by atoms with E-state index in [1.54, 1.807) is 4.90 Å². The maximum Gasteiger partial charge on any atom is 0.239 e. The predicted molar refractivity (Wildman–Crippen MR) is 109 cm³/mol. The van der Waals surface area contributed by atoms with E-state index >= 15 is 0 Å². The maximum absolute atomic E-state index is 13.1. The van der Waals surface area contributed by atoms with E-state index in [9.17, 15) is 9.59 Å². The van der Waals surface area contributed by atoms with Crippen LogP contribution in [-0.2, 0) is 9.59 Å². The fourth-order valence-corrected chi connectivity index (χ4v) is 4.93. The summed E-state index contributed by atoms with van der Waals surface area (Å²) in [7, 11) is 0. The van der Waals surface area contributed by atoms with Crippen LogP contribution in [0, 0.1) is 31.6 Å². The van der Waals surface area contributed by atoms with E-state index in [4.69, 9.17) is 0 Å². The molecule has 0 radical (unpaired) electrons. The zero-order chi connectivity index (χ0) is 18.3. The van der Waals surface area contributed by atoms with Crippen molar-refractivity contribution in [2.45, 2.75) is 33.1 Å². The number of likely N-dealkylation sites (tertiary alicyclic amines) is 1. The fourth-order valence-electron chi connectivity index (χ4n) is 4.93. The van der Waals surface area contributed by atoms with Gasteiger partial charge in [0.15, 0.2) is 0 Å². The maximum atomic E-state index is 13.1. The van der Waals surface area contributed by atoms with E-state index in [-0.39, 0.29) is 24.2 Å². The molecule has 6 heteroatoms. The second-order valence-corrected chi connectivity index (χ2v) is 8.26. The minimum Gasteiger partial charge on any atom is -0.342 e. The number of aryl methyl sites for hydroxylation is 2. The van der Waals surface area contributed by atoms with Gasteiger partial charge in [-0.3, -0.25) is 9.59 Å². The number of benzene rings is 1. The average Bonchev–Trinajstić information content (AvgIpc) is 3.15. The molecular weight excluding hydrogens is 362 g/mol. The summed E-state index contributed by atoms with van der Waals surface area (Å²) in [5.41, 5.74) is 3.23. The molecule has 4 rings (SSSR count). The molecule has 0 aromatic heterocycles. The van der Waals surface area contributed by atoms with Crippen molar-refractivity contribution in [3.63, 3.8) is 0 Å². The molecule has 27 heavy (non-hydrogen) atoms. The Kier molecular flexibility index (Phi) is 6.11. The molecular formula is C21H30ClN3O2. The first-order valence-corrected chi connectivity index (χ1v) is 9.92. The van der Waals surface area contributed by atoms with Crippen LogP contribution in [0.5, 0.6) is 0 Å². The first-order valence-electron chi connectivity index (χ1n) is 9.92. The van der Waals surface area contributed by atoms with Gasteiger partial charge in [0.25, 0.3) is 0 Å². The largest absolute Gasteiger partial charge is 0.342 e. The van der Waals surface area contributed by atoms with Gasteiger partial charge < -0.3 is 15.1 Å². The molecule has 0 saturated carbocycles. The van der Waals surface area contributed by atoms with Crippen molar-refractivity contribution in [2.24, 2.45) is 17.8 Å². The zero-order valence-electron chi connectivity index (χ0n) is 16.2. The monoisotopic (exact) mass is 391 g/mol. The lowest BCUT2D eigenvalue weighted by Gasteiger charge is -2.24. The summed E-state index contributed by atoms with van der Waals surface area (Å²) >= 11 is 0. The SMILES string of the molecule is Cc1cc(C)cc(N2CCC(C(=O)N3CC[C@@H]4CNC[C@@H]4CC3)C2=O)c1.Cl. The smallest absolute Gasteiger partial charge is 0.239 e. The minimum atomic E-state index is -0.494. The van der Waals surface area contributed by atoms with Crippen LogP contribution in [0.3, 0.4) is 0 Å². The number of fused-ring (bicyclic) bond motifs is 1. The van der Waals surface area contributed by atoms with Crippen molar-refractivity contribution >= 4 is 29.9 Å². The van der Waals surface area contributed by atoms with Crippen molar-refractivity contribution in [3.8, 4) is 0 Å². The molecule has 5 nitrogen and oxygen atoms in total.